The normalized spacial score (nSPS) is 14.7. The summed E-state index contributed by atoms with van der Waals surface area (Å²) in [4.78, 5) is 26.3. The number of hydrogen-bond donors (Lipinski definition) is 5. The number of rotatable bonds is 9. The zero-order valence-electron chi connectivity index (χ0n) is 20.8. The van der Waals surface area contributed by atoms with Gasteiger partial charge in [0.1, 0.15) is 6.04 Å². The van der Waals surface area contributed by atoms with E-state index in [1.165, 1.54) is 12.4 Å². The number of aliphatic hydroxyl groups is 1. The molecule has 194 valence electrons. The van der Waals surface area contributed by atoms with E-state index in [9.17, 15) is 14.7 Å². The number of hydrogen-bond acceptors (Lipinski definition) is 7. The molecule has 2 amide bonds. The van der Waals surface area contributed by atoms with E-state index >= 15 is 0 Å². The Morgan fingerprint density at radius 1 is 1.00 bits per heavy atom. The molecule has 1 heterocycles. The van der Waals surface area contributed by atoms with Crippen LogP contribution in [-0.4, -0.2) is 78.6 Å². The van der Waals surface area contributed by atoms with E-state index in [0.29, 0.717) is 5.56 Å². The number of aliphatic hydroxyl groups excluding tert-OH is 1. The van der Waals surface area contributed by atoms with Crippen molar-refractivity contribution in [2.45, 2.75) is 25.5 Å². The molecule has 0 bridgehead atoms. The van der Waals surface area contributed by atoms with Crippen LogP contribution < -0.4 is 16.1 Å². The molecule has 2 atom stereocenters. The van der Waals surface area contributed by atoms with Gasteiger partial charge < -0.3 is 20.5 Å². The van der Waals surface area contributed by atoms with Crippen molar-refractivity contribution < 1.29 is 24.6 Å². The second-order valence-electron chi connectivity index (χ2n) is 8.56. The van der Waals surface area contributed by atoms with Gasteiger partial charge in [0, 0.05) is 42.0 Å². The number of benzene rings is 2. The van der Waals surface area contributed by atoms with Crippen molar-refractivity contribution in [1.29, 1.82) is 0 Å². The summed E-state index contributed by atoms with van der Waals surface area (Å²) >= 11 is 0. The number of anilines is 1. The molecule has 0 saturated carbocycles. The number of ether oxygens (including phenoxy) is 1. The summed E-state index contributed by atoms with van der Waals surface area (Å²) in [6.07, 6.45) is -0.107. The lowest BCUT2D eigenvalue weighted by Crippen LogP contribution is -2.51. The second kappa shape index (κ2) is 14.6. The fourth-order valence-corrected chi connectivity index (χ4v) is 3.64. The van der Waals surface area contributed by atoms with Crippen molar-refractivity contribution in [3.05, 3.63) is 65.2 Å². The van der Waals surface area contributed by atoms with Gasteiger partial charge in [0.05, 0.1) is 19.3 Å². The number of hydroxylamine groups is 1. The van der Waals surface area contributed by atoms with Gasteiger partial charge in [-0.15, -0.1) is 0 Å². The SMILES string of the molecule is C[C@@H](O)[C@H](NC(=O)c1ccc(C#CC#Cc2ccc(NCCCN3CCOCC3)cc2)cc1)C(=O)NO. The van der Waals surface area contributed by atoms with Crippen LogP contribution in [0.15, 0.2) is 48.5 Å². The number of morpholine rings is 1. The first kappa shape index (κ1) is 27.7. The summed E-state index contributed by atoms with van der Waals surface area (Å²) in [5.74, 6) is 10.1. The molecule has 0 unspecified atom stereocenters. The van der Waals surface area contributed by atoms with Gasteiger partial charge in [0.25, 0.3) is 11.8 Å². The zero-order chi connectivity index (χ0) is 26.5. The van der Waals surface area contributed by atoms with E-state index in [2.05, 4.69) is 39.2 Å². The third kappa shape index (κ3) is 9.26. The maximum absolute atomic E-state index is 12.3. The molecule has 2 aromatic carbocycles. The van der Waals surface area contributed by atoms with Gasteiger partial charge in [-0.05, 0) is 80.3 Å². The summed E-state index contributed by atoms with van der Waals surface area (Å²) in [6.45, 7) is 6.99. The van der Waals surface area contributed by atoms with Crippen LogP contribution in [0.5, 0.6) is 0 Å². The third-order valence-electron chi connectivity index (χ3n) is 5.75. The fraction of sp³-hybridized carbons (Fsp3) is 0.357. The van der Waals surface area contributed by atoms with Gasteiger partial charge in [-0.2, -0.15) is 0 Å². The Kier molecular flexibility index (Phi) is 11.0. The zero-order valence-corrected chi connectivity index (χ0v) is 20.8. The monoisotopic (exact) mass is 504 g/mol. The van der Waals surface area contributed by atoms with Crippen molar-refractivity contribution in [2.75, 3.05) is 44.7 Å². The molecule has 0 aromatic heterocycles. The average Bonchev–Trinajstić information content (AvgIpc) is 2.93. The molecular formula is C28H32N4O5. The van der Waals surface area contributed by atoms with Crippen LogP contribution in [-0.2, 0) is 9.53 Å². The molecular weight excluding hydrogens is 472 g/mol. The molecule has 9 nitrogen and oxygen atoms in total. The summed E-state index contributed by atoms with van der Waals surface area (Å²) in [5.41, 5.74) is 4.29. The van der Waals surface area contributed by atoms with Crippen LogP contribution in [0, 0.1) is 23.7 Å². The summed E-state index contributed by atoms with van der Waals surface area (Å²) < 4.78 is 5.37. The Morgan fingerprint density at radius 3 is 2.16 bits per heavy atom. The minimum absolute atomic E-state index is 0.280. The number of carbonyl (C=O) groups excluding carboxylic acids is 2. The second-order valence-corrected chi connectivity index (χ2v) is 8.56. The van der Waals surface area contributed by atoms with Crippen LogP contribution in [0.2, 0.25) is 0 Å². The average molecular weight is 505 g/mol. The molecule has 0 radical (unpaired) electrons. The van der Waals surface area contributed by atoms with Gasteiger partial charge in [-0.25, -0.2) is 5.48 Å². The van der Waals surface area contributed by atoms with Crippen LogP contribution in [0.3, 0.4) is 0 Å². The minimum Gasteiger partial charge on any atom is -0.391 e. The lowest BCUT2D eigenvalue weighted by Gasteiger charge is -2.26. The Morgan fingerprint density at radius 2 is 1.59 bits per heavy atom. The molecule has 2 aromatic rings. The topological polar surface area (TPSA) is 123 Å². The van der Waals surface area contributed by atoms with Crippen molar-refractivity contribution in [3.63, 3.8) is 0 Å². The maximum atomic E-state index is 12.3. The van der Waals surface area contributed by atoms with Gasteiger partial charge in [-0.1, -0.05) is 11.8 Å². The smallest absolute Gasteiger partial charge is 0.268 e. The predicted molar refractivity (Wildman–Crippen MR) is 140 cm³/mol. The number of nitrogens with one attached hydrogen (secondary N) is 3. The Bertz CT molecular complexity index is 1150. The number of nitrogens with zero attached hydrogens (tertiary/aromatic N) is 1. The standard InChI is InChI=1S/C28H32N4O5/c1-21(33)26(28(35)31-36)30-27(34)24-11-7-22(8-12-24)5-2-3-6-23-9-13-25(14-10-23)29-15-4-16-32-17-19-37-20-18-32/h7-14,21,26,29,33,36H,4,15-20H2,1H3,(H,30,34)(H,31,35)/t21-,26+/m1/s1. The predicted octanol–water partition coefficient (Wildman–Crippen LogP) is 1.21. The quantitative estimate of drug-likeness (QED) is 0.151. The summed E-state index contributed by atoms with van der Waals surface area (Å²) in [7, 11) is 0. The van der Waals surface area contributed by atoms with Gasteiger partial charge >= 0.3 is 0 Å². The Balaban J connectivity index is 1.45. The van der Waals surface area contributed by atoms with Crippen LogP contribution in [0.1, 0.15) is 34.8 Å². The molecule has 0 aliphatic carbocycles. The van der Waals surface area contributed by atoms with E-state index in [1.807, 2.05) is 24.3 Å². The molecule has 37 heavy (non-hydrogen) atoms. The van der Waals surface area contributed by atoms with E-state index in [4.69, 9.17) is 9.94 Å². The van der Waals surface area contributed by atoms with E-state index in [1.54, 1.807) is 24.3 Å². The Hall–Kier alpha value is -3.86. The van der Waals surface area contributed by atoms with E-state index in [-0.39, 0.29) is 5.56 Å². The highest BCUT2D eigenvalue weighted by atomic mass is 16.5. The first-order chi connectivity index (χ1) is 18.0. The van der Waals surface area contributed by atoms with Crippen molar-refractivity contribution in [1.82, 2.24) is 15.7 Å². The molecule has 9 heteroatoms. The largest absolute Gasteiger partial charge is 0.391 e. The van der Waals surface area contributed by atoms with Crippen LogP contribution in [0.4, 0.5) is 5.69 Å². The molecule has 1 fully saturated rings. The van der Waals surface area contributed by atoms with Crippen molar-refractivity contribution >= 4 is 17.5 Å². The molecule has 1 saturated heterocycles. The lowest BCUT2D eigenvalue weighted by atomic mass is 10.1. The van der Waals surface area contributed by atoms with Crippen molar-refractivity contribution in [3.8, 4) is 23.7 Å². The Labute approximate surface area is 217 Å². The van der Waals surface area contributed by atoms with Crippen LogP contribution in [0.25, 0.3) is 0 Å². The van der Waals surface area contributed by atoms with Crippen molar-refractivity contribution in [2.24, 2.45) is 0 Å². The fourth-order valence-electron chi connectivity index (χ4n) is 3.64. The summed E-state index contributed by atoms with van der Waals surface area (Å²) in [5, 5.41) is 24.2. The highest BCUT2D eigenvalue weighted by Gasteiger charge is 2.25. The van der Waals surface area contributed by atoms with E-state index < -0.39 is 24.0 Å². The summed E-state index contributed by atoms with van der Waals surface area (Å²) in [6, 6.07) is 13.0. The molecule has 0 spiro atoms. The van der Waals surface area contributed by atoms with Gasteiger partial charge in [0.2, 0.25) is 0 Å². The molecule has 1 aliphatic heterocycles. The first-order valence-electron chi connectivity index (χ1n) is 12.2. The highest BCUT2D eigenvalue weighted by molar-refractivity contribution is 5.97. The molecule has 5 N–H and O–H groups in total. The van der Waals surface area contributed by atoms with Gasteiger partial charge in [-0.3, -0.25) is 19.7 Å². The number of carbonyl (C=O) groups is 2. The maximum Gasteiger partial charge on any atom is 0.268 e. The highest BCUT2D eigenvalue weighted by Crippen LogP contribution is 2.09. The third-order valence-corrected chi connectivity index (χ3v) is 5.75. The lowest BCUT2D eigenvalue weighted by molar-refractivity contribution is -0.133. The molecule has 3 rings (SSSR count). The first-order valence-corrected chi connectivity index (χ1v) is 12.2. The van der Waals surface area contributed by atoms with Gasteiger partial charge in [0.15, 0.2) is 0 Å². The van der Waals surface area contributed by atoms with Crippen LogP contribution >= 0.6 is 0 Å². The van der Waals surface area contributed by atoms with E-state index in [0.717, 1.165) is 57.1 Å². The molecule has 1 aliphatic rings. The minimum atomic E-state index is -1.28. The number of amides is 2.